The van der Waals surface area contributed by atoms with Crippen LogP contribution in [0.1, 0.15) is 5.56 Å². The molecule has 84 valence electrons. The van der Waals surface area contributed by atoms with Crippen LogP contribution in [-0.2, 0) is 10.5 Å². The lowest BCUT2D eigenvalue weighted by Crippen LogP contribution is -2.25. The van der Waals surface area contributed by atoms with Gasteiger partial charge in [-0.15, -0.1) is 0 Å². The van der Waals surface area contributed by atoms with Crippen molar-refractivity contribution in [3.63, 3.8) is 0 Å². The maximum Gasteiger partial charge on any atom is 0.294 e. The van der Waals surface area contributed by atoms with Crippen molar-refractivity contribution in [3.8, 4) is 6.07 Å². The maximum atomic E-state index is 14.3. The van der Waals surface area contributed by atoms with Crippen molar-refractivity contribution >= 4 is 27.6 Å². The van der Waals surface area contributed by atoms with Gasteiger partial charge in [-0.1, -0.05) is 42.5 Å². The van der Waals surface area contributed by atoms with Gasteiger partial charge in [0.15, 0.2) is 0 Å². The Kier molecular flexibility index (Phi) is 2.83. The van der Waals surface area contributed by atoms with E-state index in [9.17, 15) is 9.18 Å². The zero-order valence-corrected chi connectivity index (χ0v) is 9.41. The molecular formula is C13H7ClFNO. The van der Waals surface area contributed by atoms with Gasteiger partial charge in [-0.2, -0.15) is 5.26 Å². The fourth-order valence-corrected chi connectivity index (χ4v) is 1.88. The van der Waals surface area contributed by atoms with Gasteiger partial charge in [-0.05, 0) is 22.4 Å². The molecule has 0 saturated heterocycles. The smallest absolute Gasteiger partial charge is 0.276 e. The van der Waals surface area contributed by atoms with E-state index in [0.29, 0.717) is 5.39 Å². The van der Waals surface area contributed by atoms with Crippen molar-refractivity contribution in [1.29, 1.82) is 5.26 Å². The molecule has 0 aromatic heterocycles. The Bertz CT molecular complexity index is 629. The lowest BCUT2D eigenvalue weighted by molar-refractivity contribution is -0.119. The van der Waals surface area contributed by atoms with Gasteiger partial charge in [0.1, 0.15) is 6.07 Å². The quantitative estimate of drug-likeness (QED) is 0.764. The molecule has 4 heteroatoms. The first-order valence-electron chi connectivity index (χ1n) is 4.88. The number of nitrogens with zero attached hydrogens (tertiary/aromatic N) is 1. The summed E-state index contributed by atoms with van der Waals surface area (Å²) in [6.45, 7) is 0. The lowest BCUT2D eigenvalue weighted by Gasteiger charge is -2.15. The second kappa shape index (κ2) is 4.15. The van der Waals surface area contributed by atoms with Crippen LogP contribution < -0.4 is 0 Å². The van der Waals surface area contributed by atoms with Crippen LogP contribution in [0, 0.1) is 11.3 Å². The molecule has 17 heavy (non-hydrogen) atoms. The lowest BCUT2D eigenvalue weighted by atomic mass is 9.93. The molecule has 2 rings (SSSR count). The summed E-state index contributed by atoms with van der Waals surface area (Å²) < 4.78 is 14.3. The molecule has 0 radical (unpaired) electrons. The Labute approximate surface area is 102 Å². The third kappa shape index (κ3) is 1.77. The van der Waals surface area contributed by atoms with E-state index in [0.717, 1.165) is 5.39 Å². The molecule has 0 amide bonds. The van der Waals surface area contributed by atoms with Crippen LogP contribution in [0.5, 0.6) is 0 Å². The Morgan fingerprint density at radius 2 is 1.88 bits per heavy atom. The average molecular weight is 248 g/mol. The highest BCUT2D eigenvalue weighted by molar-refractivity contribution is 6.65. The zero-order chi connectivity index (χ0) is 12.5. The van der Waals surface area contributed by atoms with E-state index < -0.39 is 10.9 Å². The molecule has 0 aliphatic rings. The van der Waals surface area contributed by atoms with Crippen LogP contribution in [0.15, 0.2) is 42.5 Å². The first kappa shape index (κ1) is 11.6. The highest BCUT2D eigenvalue weighted by atomic mass is 35.5. The number of fused-ring (bicyclic) bond motifs is 1. The van der Waals surface area contributed by atoms with E-state index in [-0.39, 0.29) is 5.56 Å². The largest absolute Gasteiger partial charge is 0.294 e. The Hall–Kier alpha value is -1.92. The number of hydrogen-bond donors (Lipinski definition) is 0. The van der Waals surface area contributed by atoms with Crippen LogP contribution in [0.25, 0.3) is 10.8 Å². The normalized spacial score (nSPS) is 13.9. The van der Waals surface area contributed by atoms with Crippen LogP contribution in [0.4, 0.5) is 4.39 Å². The van der Waals surface area contributed by atoms with E-state index >= 15 is 0 Å². The van der Waals surface area contributed by atoms with Crippen molar-refractivity contribution in [2.24, 2.45) is 0 Å². The van der Waals surface area contributed by atoms with Crippen LogP contribution >= 0.6 is 11.6 Å². The Balaban J connectivity index is 2.80. The van der Waals surface area contributed by atoms with Crippen LogP contribution in [0.2, 0.25) is 0 Å². The van der Waals surface area contributed by atoms with E-state index in [1.165, 1.54) is 12.1 Å². The predicted octanol–water partition coefficient (Wildman–Crippen LogP) is 3.29. The summed E-state index contributed by atoms with van der Waals surface area (Å²) in [7, 11) is 0. The molecule has 0 spiro atoms. The maximum absolute atomic E-state index is 14.3. The zero-order valence-electron chi connectivity index (χ0n) is 8.65. The van der Waals surface area contributed by atoms with Crippen molar-refractivity contribution in [1.82, 2.24) is 0 Å². The molecule has 0 bridgehead atoms. The standard InChI is InChI=1S/C13H7ClFNO/c14-12(17)13(15,8-16)11-7-3-5-9-4-1-2-6-10(9)11/h1-7H. The highest BCUT2D eigenvalue weighted by Crippen LogP contribution is 2.33. The minimum atomic E-state index is -2.80. The van der Waals surface area contributed by atoms with E-state index in [1.807, 2.05) is 0 Å². The number of alkyl halides is 1. The molecule has 0 heterocycles. The number of carbonyl (C=O) groups excluding carboxylic acids is 1. The molecule has 0 N–H and O–H groups in total. The third-order valence-corrected chi connectivity index (χ3v) is 2.85. The Morgan fingerprint density at radius 3 is 2.53 bits per heavy atom. The second-order valence-electron chi connectivity index (χ2n) is 3.57. The minimum Gasteiger partial charge on any atom is -0.276 e. The van der Waals surface area contributed by atoms with Gasteiger partial charge < -0.3 is 0 Å². The number of benzene rings is 2. The highest BCUT2D eigenvalue weighted by Gasteiger charge is 2.41. The number of rotatable bonds is 2. The summed E-state index contributed by atoms with van der Waals surface area (Å²) in [5.41, 5.74) is -2.82. The van der Waals surface area contributed by atoms with Gasteiger partial charge in [0.2, 0.25) is 0 Å². The first-order valence-corrected chi connectivity index (χ1v) is 5.26. The average Bonchev–Trinajstić information content (AvgIpc) is 2.37. The molecule has 2 aromatic carbocycles. The summed E-state index contributed by atoms with van der Waals surface area (Å²) in [4.78, 5) is 11.1. The third-order valence-electron chi connectivity index (χ3n) is 2.59. The van der Waals surface area contributed by atoms with E-state index in [1.54, 1.807) is 36.4 Å². The van der Waals surface area contributed by atoms with E-state index in [2.05, 4.69) is 0 Å². The monoisotopic (exact) mass is 247 g/mol. The number of halogens is 2. The van der Waals surface area contributed by atoms with E-state index in [4.69, 9.17) is 16.9 Å². The number of carbonyl (C=O) groups is 1. The van der Waals surface area contributed by atoms with Crippen molar-refractivity contribution < 1.29 is 9.18 Å². The number of hydrogen-bond acceptors (Lipinski definition) is 2. The van der Waals surface area contributed by atoms with Gasteiger partial charge in [0, 0.05) is 5.56 Å². The summed E-state index contributed by atoms with van der Waals surface area (Å²) >= 11 is 5.18. The van der Waals surface area contributed by atoms with Gasteiger partial charge in [-0.25, -0.2) is 4.39 Å². The summed E-state index contributed by atoms with van der Waals surface area (Å²) in [5, 5.41) is 8.77. The van der Waals surface area contributed by atoms with Crippen LogP contribution in [-0.4, -0.2) is 5.24 Å². The predicted molar refractivity (Wildman–Crippen MR) is 63.2 cm³/mol. The molecule has 1 atom stereocenters. The van der Waals surface area contributed by atoms with Crippen molar-refractivity contribution in [2.75, 3.05) is 0 Å². The fraction of sp³-hybridized carbons (Fsp3) is 0.0769. The Morgan fingerprint density at radius 1 is 1.24 bits per heavy atom. The van der Waals surface area contributed by atoms with Gasteiger partial charge in [-0.3, -0.25) is 4.79 Å². The van der Waals surface area contributed by atoms with Crippen molar-refractivity contribution in [2.45, 2.75) is 5.67 Å². The van der Waals surface area contributed by atoms with Gasteiger partial charge in [0.25, 0.3) is 10.9 Å². The van der Waals surface area contributed by atoms with Crippen molar-refractivity contribution in [3.05, 3.63) is 48.0 Å². The molecule has 1 unspecified atom stereocenters. The fourth-order valence-electron chi connectivity index (χ4n) is 1.74. The summed E-state index contributed by atoms with van der Waals surface area (Å²) in [6, 6.07) is 13.0. The second-order valence-corrected chi connectivity index (χ2v) is 3.91. The molecule has 0 saturated carbocycles. The molecule has 2 aromatic rings. The van der Waals surface area contributed by atoms with Crippen LogP contribution in [0.3, 0.4) is 0 Å². The number of nitriles is 1. The molecule has 0 aliphatic carbocycles. The molecule has 2 nitrogen and oxygen atoms in total. The van der Waals surface area contributed by atoms with Gasteiger partial charge in [0.05, 0.1) is 0 Å². The summed E-state index contributed by atoms with van der Waals surface area (Å²) in [5.74, 6) is 0. The molecular weight excluding hydrogens is 241 g/mol. The SMILES string of the molecule is N#CC(F)(C(=O)Cl)c1cccc2ccccc12. The summed E-state index contributed by atoms with van der Waals surface area (Å²) in [6.07, 6.45) is 0. The van der Waals surface area contributed by atoms with Gasteiger partial charge >= 0.3 is 0 Å². The first-order chi connectivity index (χ1) is 8.09. The minimum absolute atomic E-state index is 0.0156. The topological polar surface area (TPSA) is 40.9 Å². The molecule has 0 fully saturated rings. The molecule has 0 aliphatic heterocycles.